The average molecular weight is 545 g/mol. The van der Waals surface area contributed by atoms with Crippen LogP contribution in [0.4, 0.5) is 10.5 Å². The fraction of sp³-hybridized carbons (Fsp3) is 0.138. The molecular formula is C29H25BrN2O4. The number of urea groups is 1. The van der Waals surface area contributed by atoms with E-state index in [9.17, 15) is 14.4 Å². The molecule has 1 aliphatic rings. The number of nitrogens with one attached hydrogen (secondary N) is 1. The van der Waals surface area contributed by atoms with E-state index in [2.05, 4.69) is 27.8 Å². The van der Waals surface area contributed by atoms with Gasteiger partial charge in [0, 0.05) is 0 Å². The van der Waals surface area contributed by atoms with E-state index < -0.39 is 17.8 Å². The minimum absolute atomic E-state index is 0.136. The van der Waals surface area contributed by atoms with E-state index in [1.807, 2.05) is 56.3 Å². The van der Waals surface area contributed by atoms with Gasteiger partial charge in [-0.05, 0) is 94.4 Å². The summed E-state index contributed by atoms with van der Waals surface area (Å²) in [7, 11) is 0. The molecule has 0 saturated carbocycles. The lowest BCUT2D eigenvalue weighted by molar-refractivity contribution is -0.122. The molecule has 182 valence electrons. The maximum absolute atomic E-state index is 13.3. The van der Waals surface area contributed by atoms with Crippen molar-refractivity contribution in [2.24, 2.45) is 0 Å². The topological polar surface area (TPSA) is 75.7 Å². The fourth-order valence-electron chi connectivity index (χ4n) is 4.09. The first-order valence-electron chi connectivity index (χ1n) is 11.4. The van der Waals surface area contributed by atoms with Crippen molar-refractivity contribution in [3.05, 3.63) is 111 Å². The summed E-state index contributed by atoms with van der Waals surface area (Å²) in [6.07, 6.45) is 3.76. The second kappa shape index (κ2) is 10.7. The van der Waals surface area contributed by atoms with Crippen molar-refractivity contribution in [1.82, 2.24) is 5.32 Å². The molecule has 6 nitrogen and oxygen atoms in total. The zero-order chi connectivity index (χ0) is 25.8. The van der Waals surface area contributed by atoms with Crippen LogP contribution in [0.5, 0.6) is 5.75 Å². The van der Waals surface area contributed by atoms with Crippen molar-refractivity contribution in [3.63, 3.8) is 0 Å². The number of anilines is 1. The number of rotatable bonds is 7. The number of hydrogen-bond donors (Lipinski definition) is 1. The van der Waals surface area contributed by atoms with E-state index in [0.717, 1.165) is 27.2 Å². The first-order valence-corrected chi connectivity index (χ1v) is 12.2. The summed E-state index contributed by atoms with van der Waals surface area (Å²) in [5.41, 5.74) is 4.55. The summed E-state index contributed by atoms with van der Waals surface area (Å²) >= 11 is 3.57. The molecule has 3 aromatic rings. The number of amides is 4. The first kappa shape index (κ1) is 25.1. The van der Waals surface area contributed by atoms with Gasteiger partial charge in [-0.15, -0.1) is 6.58 Å². The molecule has 1 heterocycles. The number of halogens is 1. The van der Waals surface area contributed by atoms with E-state index in [1.165, 1.54) is 6.08 Å². The summed E-state index contributed by atoms with van der Waals surface area (Å²) in [5.74, 6) is -0.761. The Kier molecular flexibility index (Phi) is 7.50. The fourth-order valence-corrected chi connectivity index (χ4v) is 4.73. The Morgan fingerprint density at radius 2 is 1.69 bits per heavy atom. The third-order valence-corrected chi connectivity index (χ3v) is 6.20. The van der Waals surface area contributed by atoms with Gasteiger partial charge in [-0.2, -0.15) is 0 Å². The van der Waals surface area contributed by atoms with Gasteiger partial charge in [0.2, 0.25) is 0 Å². The predicted molar refractivity (Wildman–Crippen MR) is 144 cm³/mol. The molecule has 36 heavy (non-hydrogen) atoms. The van der Waals surface area contributed by atoms with Crippen molar-refractivity contribution in [2.75, 3.05) is 4.90 Å². The third-order valence-electron chi connectivity index (χ3n) is 5.61. The van der Waals surface area contributed by atoms with Gasteiger partial charge in [0.05, 0.1) is 10.2 Å². The van der Waals surface area contributed by atoms with Gasteiger partial charge in [-0.3, -0.25) is 14.9 Å². The van der Waals surface area contributed by atoms with Gasteiger partial charge in [0.15, 0.2) is 0 Å². The van der Waals surface area contributed by atoms with Crippen LogP contribution in [0, 0.1) is 13.8 Å². The lowest BCUT2D eigenvalue weighted by atomic mass is 10.0. The summed E-state index contributed by atoms with van der Waals surface area (Å²) in [4.78, 5) is 39.5. The van der Waals surface area contributed by atoms with Crippen LogP contribution in [0.2, 0.25) is 0 Å². The summed E-state index contributed by atoms with van der Waals surface area (Å²) in [5, 5.41) is 2.28. The maximum Gasteiger partial charge on any atom is 0.335 e. The highest BCUT2D eigenvalue weighted by Crippen LogP contribution is 2.34. The molecule has 0 unspecified atom stereocenters. The number of benzene rings is 3. The molecule has 7 heteroatoms. The number of carbonyl (C=O) groups excluding carboxylic acids is 3. The minimum atomic E-state index is -0.773. The van der Waals surface area contributed by atoms with E-state index in [4.69, 9.17) is 4.74 Å². The number of aryl methyl sites for hydroxylation is 2. The van der Waals surface area contributed by atoms with Crippen LogP contribution in [-0.4, -0.2) is 17.8 Å². The van der Waals surface area contributed by atoms with Crippen LogP contribution in [0.15, 0.2) is 83.4 Å². The minimum Gasteiger partial charge on any atom is -0.487 e. The number of allylic oxidation sites excluding steroid dienone is 1. The molecule has 3 aromatic carbocycles. The highest BCUT2D eigenvalue weighted by molar-refractivity contribution is 9.10. The van der Waals surface area contributed by atoms with Crippen molar-refractivity contribution in [2.45, 2.75) is 26.9 Å². The number of carbonyl (C=O) groups is 3. The zero-order valence-electron chi connectivity index (χ0n) is 20.0. The van der Waals surface area contributed by atoms with Gasteiger partial charge >= 0.3 is 6.03 Å². The molecule has 1 fully saturated rings. The van der Waals surface area contributed by atoms with Crippen molar-refractivity contribution < 1.29 is 19.1 Å². The number of ether oxygens (including phenoxy) is 1. The second-order valence-electron chi connectivity index (χ2n) is 8.56. The number of hydrogen-bond acceptors (Lipinski definition) is 4. The molecule has 0 bridgehead atoms. The molecular weight excluding hydrogens is 520 g/mol. The van der Waals surface area contributed by atoms with Crippen LogP contribution in [0.25, 0.3) is 6.08 Å². The standard InChI is InChI=1S/C29H25BrN2O4/c1-4-8-22-14-21(16-25(30)26(22)36-17-20-9-6-5-7-10-20)15-24-27(33)31-29(35)32(28(24)34)23-12-18(2)11-19(3)13-23/h4-7,9-16H,1,8,17H2,2-3H3,(H,31,33,35)/b24-15+. The lowest BCUT2D eigenvalue weighted by Crippen LogP contribution is -2.54. The van der Waals surface area contributed by atoms with Gasteiger partial charge in [0.1, 0.15) is 17.9 Å². The summed E-state index contributed by atoms with van der Waals surface area (Å²) < 4.78 is 6.77. The summed E-state index contributed by atoms with van der Waals surface area (Å²) in [6.45, 7) is 7.98. The monoisotopic (exact) mass is 544 g/mol. The molecule has 1 N–H and O–H groups in total. The zero-order valence-corrected chi connectivity index (χ0v) is 21.6. The van der Waals surface area contributed by atoms with Gasteiger partial charge < -0.3 is 4.74 Å². The molecule has 0 radical (unpaired) electrons. The van der Waals surface area contributed by atoms with Crippen LogP contribution < -0.4 is 15.0 Å². The van der Waals surface area contributed by atoms with Crippen LogP contribution >= 0.6 is 15.9 Å². The SMILES string of the molecule is C=CCc1cc(/C=C2\C(=O)NC(=O)N(c3cc(C)cc(C)c3)C2=O)cc(Br)c1OCc1ccccc1. The second-order valence-corrected chi connectivity index (χ2v) is 9.42. The quantitative estimate of drug-likeness (QED) is 0.223. The van der Waals surface area contributed by atoms with Gasteiger partial charge in [0.25, 0.3) is 11.8 Å². The summed E-state index contributed by atoms with van der Waals surface area (Å²) in [6, 6.07) is 18.1. The van der Waals surface area contributed by atoms with Crippen molar-refractivity contribution in [1.29, 1.82) is 0 Å². The Morgan fingerprint density at radius 3 is 2.36 bits per heavy atom. The van der Waals surface area contributed by atoms with Crippen LogP contribution in [0.3, 0.4) is 0 Å². The van der Waals surface area contributed by atoms with E-state index >= 15 is 0 Å². The van der Waals surface area contributed by atoms with Crippen molar-refractivity contribution >= 4 is 45.5 Å². The molecule has 1 saturated heterocycles. The van der Waals surface area contributed by atoms with E-state index in [-0.39, 0.29) is 5.57 Å². The predicted octanol–water partition coefficient (Wildman–Crippen LogP) is 6.04. The largest absolute Gasteiger partial charge is 0.487 e. The maximum atomic E-state index is 13.3. The lowest BCUT2D eigenvalue weighted by Gasteiger charge is -2.27. The van der Waals surface area contributed by atoms with Crippen molar-refractivity contribution in [3.8, 4) is 5.75 Å². The normalized spacial score (nSPS) is 14.7. The van der Waals surface area contributed by atoms with E-state index in [1.54, 1.807) is 24.3 Å². The highest BCUT2D eigenvalue weighted by Gasteiger charge is 2.37. The molecule has 0 atom stereocenters. The van der Waals surface area contributed by atoms with Crippen LogP contribution in [-0.2, 0) is 22.6 Å². The smallest absolute Gasteiger partial charge is 0.335 e. The molecule has 4 amide bonds. The number of barbiturate groups is 1. The third kappa shape index (κ3) is 5.47. The Hall–Kier alpha value is -3.97. The molecule has 1 aliphatic heterocycles. The molecule has 0 aliphatic carbocycles. The number of imide groups is 2. The van der Waals surface area contributed by atoms with E-state index in [0.29, 0.717) is 34.5 Å². The van der Waals surface area contributed by atoms with Gasteiger partial charge in [-0.1, -0.05) is 42.5 Å². The Morgan fingerprint density at radius 1 is 1.00 bits per heavy atom. The van der Waals surface area contributed by atoms with Gasteiger partial charge in [-0.25, -0.2) is 9.69 Å². The molecule has 4 rings (SSSR count). The Bertz CT molecular complexity index is 1380. The molecule has 0 spiro atoms. The first-order chi connectivity index (χ1) is 17.3. The molecule has 0 aromatic heterocycles. The number of nitrogens with zero attached hydrogens (tertiary/aromatic N) is 1. The Balaban J connectivity index is 1.68. The average Bonchev–Trinajstić information content (AvgIpc) is 2.81. The highest BCUT2D eigenvalue weighted by atomic mass is 79.9. The Labute approximate surface area is 218 Å². The van der Waals surface area contributed by atoms with Crippen LogP contribution in [0.1, 0.15) is 27.8 Å².